The predicted molar refractivity (Wildman–Crippen MR) is 97.3 cm³/mol. The van der Waals surface area contributed by atoms with Crippen molar-refractivity contribution in [2.75, 3.05) is 12.9 Å². The summed E-state index contributed by atoms with van der Waals surface area (Å²) in [6, 6.07) is 6.42. The van der Waals surface area contributed by atoms with E-state index in [1.54, 1.807) is 18.2 Å². The van der Waals surface area contributed by atoms with Crippen molar-refractivity contribution in [3.05, 3.63) is 40.4 Å². The van der Waals surface area contributed by atoms with Gasteiger partial charge in [0.25, 0.3) is 5.56 Å². The minimum absolute atomic E-state index is 0.0695. The molecule has 1 amide bonds. The van der Waals surface area contributed by atoms with Gasteiger partial charge in [-0.3, -0.25) is 9.59 Å². The Morgan fingerprint density at radius 2 is 2.04 bits per heavy atom. The first-order chi connectivity index (χ1) is 11.9. The van der Waals surface area contributed by atoms with Crippen LogP contribution in [0, 0.1) is 5.92 Å². The lowest BCUT2D eigenvalue weighted by atomic mass is 10.1. The summed E-state index contributed by atoms with van der Waals surface area (Å²) in [6.07, 6.45) is 0. The van der Waals surface area contributed by atoms with E-state index in [1.165, 1.54) is 18.9 Å². The SMILES string of the molecule is COC(=O)[C@H](NC(=O)CSCc1nc2ccccc2c(=O)[nH]1)C(C)C. The van der Waals surface area contributed by atoms with E-state index < -0.39 is 12.0 Å². The molecule has 0 fully saturated rings. The van der Waals surface area contributed by atoms with Gasteiger partial charge < -0.3 is 15.0 Å². The number of aromatic amines is 1. The van der Waals surface area contributed by atoms with Crippen molar-refractivity contribution in [1.29, 1.82) is 0 Å². The minimum atomic E-state index is -0.670. The van der Waals surface area contributed by atoms with Crippen molar-refractivity contribution in [2.24, 2.45) is 5.92 Å². The second kappa shape index (κ2) is 8.66. The number of benzene rings is 1. The summed E-state index contributed by atoms with van der Waals surface area (Å²) in [4.78, 5) is 42.8. The standard InChI is InChI=1S/C17H21N3O4S/c1-10(2)15(17(23)24-3)20-14(21)9-25-8-13-18-12-7-5-4-6-11(12)16(22)19-13/h4-7,10,15H,8-9H2,1-3H3,(H,20,21)(H,18,19,22)/t15-/m1/s1. The van der Waals surface area contributed by atoms with Crippen molar-refractivity contribution >= 4 is 34.5 Å². The number of methoxy groups -OCH3 is 1. The number of carbonyl (C=O) groups is 2. The molecule has 1 atom stereocenters. The van der Waals surface area contributed by atoms with E-state index in [0.29, 0.717) is 22.5 Å². The molecule has 0 radical (unpaired) electrons. The number of amides is 1. The molecule has 25 heavy (non-hydrogen) atoms. The summed E-state index contributed by atoms with van der Waals surface area (Å²) < 4.78 is 4.69. The molecule has 0 aliphatic carbocycles. The summed E-state index contributed by atoms with van der Waals surface area (Å²) in [5.41, 5.74) is 0.424. The number of ether oxygens (including phenoxy) is 1. The Morgan fingerprint density at radius 1 is 1.32 bits per heavy atom. The second-order valence-electron chi connectivity index (χ2n) is 5.83. The number of hydrogen-bond acceptors (Lipinski definition) is 6. The zero-order valence-electron chi connectivity index (χ0n) is 14.4. The number of carbonyl (C=O) groups excluding carboxylic acids is 2. The van der Waals surface area contributed by atoms with Crippen molar-refractivity contribution in [3.8, 4) is 0 Å². The van der Waals surface area contributed by atoms with Gasteiger partial charge >= 0.3 is 5.97 Å². The van der Waals surface area contributed by atoms with E-state index >= 15 is 0 Å². The van der Waals surface area contributed by atoms with E-state index in [0.717, 1.165) is 0 Å². The van der Waals surface area contributed by atoms with E-state index in [9.17, 15) is 14.4 Å². The molecule has 0 aliphatic rings. The van der Waals surface area contributed by atoms with Crippen LogP contribution in [0.15, 0.2) is 29.1 Å². The number of nitrogens with one attached hydrogen (secondary N) is 2. The van der Waals surface area contributed by atoms with Crippen LogP contribution in [0.25, 0.3) is 10.9 Å². The number of hydrogen-bond donors (Lipinski definition) is 2. The highest BCUT2D eigenvalue weighted by molar-refractivity contribution is 7.99. The van der Waals surface area contributed by atoms with Gasteiger partial charge in [-0.15, -0.1) is 11.8 Å². The number of rotatable bonds is 7. The van der Waals surface area contributed by atoms with Crippen LogP contribution in [0.4, 0.5) is 0 Å². The van der Waals surface area contributed by atoms with Crippen LogP contribution in [0.2, 0.25) is 0 Å². The maximum atomic E-state index is 12.0. The molecule has 134 valence electrons. The van der Waals surface area contributed by atoms with Gasteiger partial charge in [-0.1, -0.05) is 26.0 Å². The number of fused-ring (bicyclic) bond motifs is 1. The first-order valence-corrected chi connectivity index (χ1v) is 9.00. The fraction of sp³-hybridized carbons (Fsp3) is 0.412. The quantitative estimate of drug-likeness (QED) is 0.723. The highest BCUT2D eigenvalue weighted by atomic mass is 32.2. The zero-order chi connectivity index (χ0) is 18.4. The summed E-state index contributed by atoms with van der Waals surface area (Å²) in [6.45, 7) is 3.66. The third kappa shape index (κ3) is 5.06. The number of H-pyrrole nitrogens is 1. The third-order valence-electron chi connectivity index (χ3n) is 3.57. The molecule has 8 heteroatoms. The predicted octanol–water partition coefficient (Wildman–Crippen LogP) is 1.47. The van der Waals surface area contributed by atoms with Crippen LogP contribution < -0.4 is 10.9 Å². The first kappa shape index (κ1) is 19.0. The van der Waals surface area contributed by atoms with E-state index in [1.807, 2.05) is 19.9 Å². The Bertz CT molecular complexity index is 819. The molecule has 2 N–H and O–H groups in total. The van der Waals surface area contributed by atoms with Crippen LogP contribution in [0.3, 0.4) is 0 Å². The summed E-state index contributed by atoms with van der Waals surface area (Å²) in [5, 5.41) is 3.20. The minimum Gasteiger partial charge on any atom is -0.467 e. The third-order valence-corrected chi connectivity index (χ3v) is 4.52. The van der Waals surface area contributed by atoms with Gasteiger partial charge in [-0.2, -0.15) is 0 Å². The Morgan fingerprint density at radius 3 is 2.72 bits per heavy atom. The fourth-order valence-corrected chi connectivity index (χ4v) is 2.98. The molecule has 1 aromatic carbocycles. The number of thioether (sulfide) groups is 1. The second-order valence-corrected chi connectivity index (χ2v) is 6.82. The van der Waals surface area contributed by atoms with Crippen LogP contribution in [-0.4, -0.2) is 40.7 Å². The molecule has 0 bridgehead atoms. The molecule has 7 nitrogen and oxygen atoms in total. The van der Waals surface area contributed by atoms with Gasteiger partial charge in [0.15, 0.2) is 0 Å². The normalized spacial score (nSPS) is 12.2. The molecule has 0 spiro atoms. The molecule has 0 saturated heterocycles. The van der Waals surface area contributed by atoms with Crippen molar-refractivity contribution < 1.29 is 14.3 Å². The number of esters is 1. The van der Waals surface area contributed by atoms with Crippen molar-refractivity contribution in [2.45, 2.75) is 25.6 Å². The number of nitrogens with zero attached hydrogens (tertiary/aromatic N) is 1. The van der Waals surface area contributed by atoms with Crippen LogP contribution in [-0.2, 0) is 20.1 Å². The first-order valence-electron chi connectivity index (χ1n) is 7.85. The fourth-order valence-electron chi connectivity index (χ4n) is 2.28. The van der Waals surface area contributed by atoms with Gasteiger partial charge in [0.2, 0.25) is 5.91 Å². The molecule has 0 saturated carbocycles. The van der Waals surface area contributed by atoms with Gasteiger partial charge in [-0.25, -0.2) is 9.78 Å². The number of aromatic nitrogens is 2. The van der Waals surface area contributed by atoms with E-state index in [2.05, 4.69) is 15.3 Å². The zero-order valence-corrected chi connectivity index (χ0v) is 15.2. The summed E-state index contributed by atoms with van der Waals surface area (Å²) in [5.74, 6) is 0.246. The molecule has 0 aliphatic heterocycles. The van der Waals surface area contributed by atoms with E-state index in [-0.39, 0.29) is 23.1 Å². The highest BCUT2D eigenvalue weighted by Gasteiger charge is 2.24. The number of para-hydroxylation sites is 1. The van der Waals surface area contributed by atoms with Gasteiger partial charge in [-0.05, 0) is 18.1 Å². The molecular weight excluding hydrogens is 342 g/mol. The molecule has 2 rings (SSSR count). The molecule has 1 heterocycles. The Balaban J connectivity index is 1.93. The summed E-state index contributed by atoms with van der Waals surface area (Å²) in [7, 11) is 1.29. The van der Waals surface area contributed by atoms with Crippen LogP contribution in [0.5, 0.6) is 0 Å². The largest absolute Gasteiger partial charge is 0.467 e. The molecule has 0 unspecified atom stereocenters. The van der Waals surface area contributed by atoms with E-state index in [4.69, 9.17) is 4.74 Å². The highest BCUT2D eigenvalue weighted by Crippen LogP contribution is 2.11. The van der Waals surface area contributed by atoms with Gasteiger partial charge in [0.1, 0.15) is 11.9 Å². The Labute approximate surface area is 149 Å². The van der Waals surface area contributed by atoms with Crippen molar-refractivity contribution in [1.82, 2.24) is 15.3 Å². The maximum absolute atomic E-state index is 12.0. The topological polar surface area (TPSA) is 101 Å². The van der Waals surface area contributed by atoms with Gasteiger partial charge in [0.05, 0.1) is 29.5 Å². The molecule has 2 aromatic rings. The summed E-state index contributed by atoms with van der Waals surface area (Å²) >= 11 is 1.31. The lowest BCUT2D eigenvalue weighted by Crippen LogP contribution is -2.45. The molecule has 1 aromatic heterocycles. The average molecular weight is 363 g/mol. The van der Waals surface area contributed by atoms with Crippen LogP contribution in [0.1, 0.15) is 19.7 Å². The average Bonchev–Trinajstić information content (AvgIpc) is 2.59. The lowest BCUT2D eigenvalue weighted by Gasteiger charge is -2.19. The van der Waals surface area contributed by atoms with Crippen LogP contribution >= 0.6 is 11.8 Å². The van der Waals surface area contributed by atoms with Crippen molar-refractivity contribution in [3.63, 3.8) is 0 Å². The lowest BCUT2D eigenvalue weighted by molar-refractivity contribution is -0.146. The maximum Gasteiger partial charge on any atom is 0.328 e. The molecular formula is C17H21N3O4S. The Kier molecular flexibility index (Phi) is 6.58. The smallest absolute Gasteiger partial charge is 0.328 e. The Hall–Kier alpha value is -2.35. The van der Waals surface area contributed by atoms with Gasteiger partial charge in [0, 0.05) is 0 Å². The monoisotopic (exact) mass is 363 g/mol.